The summed E-state index contributed by atoms with van der Waals surface area (Å²) < 4.78 is 10.8. The molecule has 0 spiro atoms. The highest BCUT2D eigenvalue weighted by Crippen LogP contribution is 2.53. The molecule has 7 heteroatoms. The molecule has 0 radical (unpaired) electrons. The number of carbonyl (C=O) groups excluding carboxylic acids is 1. The van der Waals surface area contributed by atoms with Crippen molar-refractivity contribution in [1.82, 2.24) is 0 Å². The number of nitro groups is 1. The van der Waals surface area contributed by atoms with E-state index < -0.39 is 17.6 Å². The SMILES string of the molecule is COc1ccc([C@H]2[C@@H]3CC[C@@](OCCO)(CC3=O)[C@@H]2[N+](=O)[O-])cc1. The molecule has 0 unspecified atom stereocenters. The minimum atomic E-state index is -1.12. The normalized spacial score (nSPS) is 31.9. The van der Waals surface area contributed by atoms with Crippen molar-refractivity contribution in [3.8, 4) is 5.75 Å². The second-order valence-electron chi connectivity index (χ2n) is 6.45. The van der Waals surface area contributed by atoms with Gasteiger partial charge in [-0.3, -0.25) is 14.9 Å². The van der Waals surface area contributed by atoms with Crippen LogP contribution in [0.2, 0.25) is 0 Å². The summed E-state index contributed by atoms with van der Waals surface area (Å²) in [5, 5.41) is 20.9. The van der Waals surface area contributed by atoms with E-state index in [1.54, 1.807) is 31.4 Å². The second-order valence-corrected chi connectivity index (χ2v) is 6.45. The number of hydrogen-bond acceptors (Lipinski definition) is 6. The number of Topliss-reactive ketones (excluding diaryl/α,β-unsaturated/α-hetero) is 1. The van der Waals surface area contributed by atoms with E-state index in [2.05, 4.69) is 0 Å². The van der Waals surface area contributed by atoms with Crippen molar-refractivity contribution in [2.24, 2.45) is 5.92 Å². The van der Waals surface area contributed by atoms with E-state index in [0.717, 1.165) is 5.56 Å². The molecular weight excluding hydrogens is 314 g/mol. The largest absolute Gasteiger partial charge is 0.497 e. The summed E-state index contributed by atoms with van der Waals surface area (Å²) in [6, 6.07) is 6.08. The molecule has 0 saturated heterocycles. The molecule has 4 rings (SSSR count). The molecule has 2 bridgehead atoms. The summed E-state index contributed by atoms with van der Waals surface area (Å²) in [4.78, 5) is 24.0. The zero-order valence-electron chi connectivity index (χ0n) is 13.5. The first-order valence-electron chi connectivity index (χ1n) is 8.07. The van der Waals surface area contributed by atoms with E-state index in [4.69, 9.17) is 14.6 Å². The van der Waals surface area contributed by atoms with Gasteiger partial charge in [-0.05, 0) is 30.5 Å². The fourth-order valence-electron chi connectivity index (χ4n) is 4.28. The maximum Gasteiger partial charge on any atom is 0.249 e. The van der Waals surface area contributed by atoms with Crippen LogP contribution >= 0.6 is 0 Å². The number of aliphatic hydroxyl groups excluding tert-OH is 1. The first kappa shape index (κ1) is 16.9. The highest BCUT2D eigenvalue weighted by Gasteiger charge is 2.64. The number of hydrogen-bond donors (Lipinski definition) is 1. The van der Waals surface area contributed by atoms with Crippen molar-refractivity contribution in [3.63, 3.8) is 0 Å². The summed E-state index contributed by atoms with van der Waals surface area (Å²) in [6.07, 6.45) is 1.10. The molecule has 1 aromatic rings. The van der Waals surface area contributed by atoms with E-state index >= 15 is 0 Å². The van der Waals surface area contributed by atoms with E-state index in [1.807, 2.05) is 0 Å². The fourth-order valence-corrected chi connectivity index (χ4v) is 4.28. The molecule has 0 aliphatic heterocycles. The summed E-state index contributed by atoms with van der Waals surface area (Å²) in [7, 11) is 1.55. The van der Waals surface area contributed by atoms with Crippen molar-refractivity contribution >= 4 is 5.78 Å². The molecular formula is C17H21NO6. The summed E-state index contributed by atoms with van der Waals surface area (Å²) in [5.74, 6) is -0.193. The summed E-state index contributed by atoms with van der Waals surface area (Å²) in [6.45, 7) is -0.228. The van der Waals surface area contributed by atoms with Gasteiger partial charge in [0.05, 0.1) is 26.2 Å². The van der Waals surface area contributed by atoms with Gasteiger partial charge in [-0.15, -0.1) is 0 Å². The number of methoxy groups -OCH3 is 1. The Balaban J connectivity index is 2.02. The number of nitrogens with zero attached hydrogens (tertiary/aromatic N) is 1. The van der Waals surface area contributed by atoms with Crippen LogP contribution in [0.1, 0.15) is 30.7 Å². The van der Waals surface area contributed by atoms with Gasteiger partial charge in [0.15, 0.2) is 0 Å². The highest BCUT2D eigenvalue weighted by molar-refractivity contribution is 5.85. The van der Waals surface area contributed by atoms with E-state index in [0.29, 0.717) is 18.6 Å². The standard InChI is InChI=1S/C17H21NO6/c1-23-12-4-2-11(3-5-12)15-13-6-7-17(10-14(13)20,24-9-8-19)16(15)18(21)22/h2-5,13,15-16,19H,6-10H2,1H3/t13-,15+,16-,17-/m1/s1. The molecule has 3 aliphatic carbocycles. The second kappa shape index (κ2) is 6.49. The van der Waals surface area contributed by atoms with Crippen LogP contribution in [0.15, 0.2) is 24.3 Å². The molecule has 0 heterocycles. The summed E-state index contributed by atoms with van der Waals surface area (Å²) >= 11 is 0. The molecule has 0 aromatic heterocycles. The van der Waals surface area contributed by atoms with E-state index in [1.165, 1.54) is 0 Å². The maximum absolute atomic E-state index is 12.5. The third-order valence-electron chi connectivity index (χ3n) is 5.29. The van der Waals surface area contributed by atoms with Crippen LogP contribution in [0.3, 0.4) is 0 Å². The molecule has 1 aromatic carbocycles. The predicted octanol–water partition coefficient (Wildman–Crippen LogP) is 1.55. The molecule has 3 fully saturated rings. The first-order chi connectivity index (χ1) is 11.5. The predicted molar refractivity (Wildman–Crippen MR) is 84.6 cm³/mol. The van der Waals surface area contributed by atoms with Crippen LogP contribution < -0.4 is 4.74 Å². The topological polar surface area (TPSA) is 98.9 Å². The molecule has 4 atom stereocenters. The quantitative estimate of drug-likeness (QED) is 0.625. The Bertz CT molecular complexity index is 630. The van der Waals surface area contributed by atoms with Crippen LogP contribution in [-0.4, -0.2) is 47.8 Å². The van der Waals surface area contributed by atoms with Crippen molar-refractivity contribution in [2.45, 2.75) is 36.8 Å². The smallest absolute Gasteiger partial charge is 0.249 e. The van der Waals surface area contributed by atoms with Crippen LogP contribution in [0.5, 0.6) is 5.75 Å². The number of aliphatic hydroxyl groups is 1. The molecule has 0 amide bonds. The Morgan fingerprint density at radius 3 is 2.62 bits per heavy atom. The number of carbonyl (C=O) groups is 1. The molecule has 24 heavy (non-hydrogen) atoms. The first-order valence-corrected chi connectivity index (χ1v) is 8.07. The third-order valence-corrected chi connectivity index (χ3v) is 5.29. The zero-order chi connectivity index (χ0) is 17.3. The van der Waals surface area contributed by atoms with Crippen molar-refractivity contribution in [2.75, 3.05) is 20.3 Å². The van der Waals surface area contributed by atoms with Gasteiger partial charge in [0.25, 0.3) is 0 Å². The van der Waals surface area contributed by atoms with E-state index in [-0.39, 0.29) is 36.3 Å². The Hall–Kier alpha value is -1.99. The molecule has 3 saturated carbocycles. The lowest BCUT2D eigenvalue weighted by Crippen LogP contribution is -2.63. The minimum Gasteiger partial charge on any atom is -0.497 e. The third kappa shape index (κ3) is 2.67. The Morgan fingerprint density at radius 1 is 1.38 bits per heavy atom. The van der Waals surface area contributed by atoms with E-state index in [9.17, 15) is 14.9 Å². The Labute approximate surface area is 139 Å². The van der Waals surface area contributed by atoms with Gasteiger partial charge < -0.3 is 14.6 Å². The molecule has 3 aliphatic rings. The number of benzene rings is 1. The lowest BCUT2D eigenvalue weighted by Gasteiger charge is -2.50. The Kier molecular flexibility index (Phi) is 4.56. The van der Waals surface area contributed by atoms with Crippen LogP contribution in [0.4, 0.5) is 0 Å². The van der Waals surface area contributed by atoms with Gasteiger partial charge in [0.2, 0.25) is 6.04 Å². The van der Waals surface area contributed by atoms with Crippen molar-refractivity contribution in [3.05, 3.63) is 39.9 Å². The average Bonchev–Trinajstić information content (AvgIpc) is 2.59. The lowest BCUT2D eigenvalue weighted by atomic mass is 9.57. The summed E-state index contributed by atoms with van der Waals surface area (Å²) in [5.41, 5.74) is -0.366. The van der Waals surface area contributed by atoms with Crippen LogP contribution in [0.25, 0.3) is 0 Å². The number of rotatable bonds is 6. The van der Waals surface area contributed by atoms with Gasteiger partial charge >= 0.3 is 0 Å². The van der Waals surface area contributed by atoms with Gasteiger partial charge in [-0.2, -0.15) is 0 Å². The van der Waals surface area contributed by atoms with Crippen molar-refractivity contribution in [1.29, 1.82) is 0 Å². The number of ketones is 1. The van der Waals surface area contributed by atoms with Gasteiger partial charge in [0, 0.05) is 17.3 Å². The molecule has 130 valence electrons. The van der Waals surface area contributed by atoms with Gasteiger partial charge in [0.1, 0.15) is 17.1 Å². The van der Waals surface area contributed by atoms with Crippen LogP contribution in [0, 0.1) is 16.0 Å². The lowest BCUT2D eigenvalue weighted by molar-refractivity contribution is -0.558. The minimum absolute atomic E-state index is 0.00236. The highest BCUT2D eigenvalue weighted by atomic mass is 16.6. The fraction of sp³-hybridized carbons (Fsp3) is 0.588. The monoisotopic (exact) mass is 335 g/mol. The number of fused-ring (bicyclic) bond motifs is 3. The zero-order valence-corrected chi connectivity index (χ0v) is 13.5. The molecule has 7 nitrogen and oxygen atoms in total. The van der Waals surface area contributed by atoms with Gasteiger partial charge in [-0.25, -0.2) is 0 Å². The average molecular weight is 335 g/mol. The van der Waals surface area contributed by atoms with Gasteiger partial charge in [-0.1, -0.05) is 12.1 Å². The number of ether oxygens (including phenoxy) is 2. The van der Waals surface area contributed by atoms with Crippen LogP contribution in [-0.2, 0) is 9.53 Å². The van der Waals surface area contributed by atoms with Crippen molar-refractivity contribution < 1.29 is 24.3 Å². The Morgan fingerprint density at radius 2 is 2.08 bits per heavy atom. The maximum atomic E-state index is 12.5. The molecule has 1 N–H and O–H groups in total.